The SMILES string of the molecule is CC1=NC(=C(C#N)C#N)C2=C(SCC2)N1C. The Kier molecular flexibility index (Phi) is 2.72. The Hall–Kier alpha value is -1.72. The van der Waals surface area contributed by atoms with E-state index in [0.29, 0.717) is 5.70 Å². The van der Waals surface area contributed by atoms with Crippen LogP contribution in [0.25, 0.3) is 0 Å². The minimum absolute atomic E-state index is 0.113. The van der Waals surface area contributed by atoms with Gasteiger partial charge in [0.2, 0.25) is 0 Å². The topological polar surface area (TPSA) is 63.2 Å². The normalized spacial score (nSPS) is 18.9. The van der Waals surface area contributed by atoms with Crippen molar-refractivity contribution in [3.05, 3.63) is 21.9 Å². The molecular formula is C11H10N4S. The number of rotatable bonds is 0. The molecule has 5 heteroatoms. The van der Waals surface area contributed by atoms with Crippen LogP contribution in [0.5, 0.6) is 0 Å². The van der Waals surface area contributed by atoms with Crippen LogP contribution in [0.4, 0.5) is 0 Å². The molecule has 16 heavy (non-hydrogen) atoms. The van der Waals surface area contributed by atoms with Gasteiger partial charge in [0.15, 0.2) is 5.57 Å². The Labute approximate surface area is 98.6 Å². The summed E-state index contributed by atoms with van der Waals surface area (Å²) in [6.07, 6.45) is 0.878. The second-order valence-corrected chi connectivity index (χ2v) is 4.63. The molecule has 0 amide bonds. The van der Waals surface area contributed by atoms with Gasteiger partial charge in [0.25, 0.3) is 0 Å². The highest BCUT2D eigenvalue weighted by molar-refractivity contribution is 8.03. The Morgan fingerprint density at radius 2 is 2.12 bits per heavy atom. The van der Waals surface area contributed by atoms with Crippen LogP contribution in [0.15, 0.2) is 26.9 Å². The first-order chi connectivity index (χ1) is 7.69. The number of aliphatic imine (C=N–C) groups is 1. The average molecular weight is 230 g/mol. The van der Waals surface area contributed by atoms with Gasteiger partial charge in [-0.1, -0.05) is 0 Å². The van der Waals surface area contributed by atoms with Gasteiger partial charge in [0.1, 0.15) is 18.0 Å². The summed E-state index contributed by atoms with van der Waals surface area (Å²) in [6, 6.07) is 3.84. The number of nitriles is 2. The van der Waals surface area contributed by atoms with Gasteiger partial charge in [-0.25, -0.2) is 4.99 Å². The summed E-state index contributed by atoms with van der Waals surface area (Å²) < 4.78 is 0. The summed E-state index contributed by atoms with van der Waals surface area (Å²) in [7, 11) is 1.96. The van der Waals surface area contributed by atoms with E-state index in [0.717, 1.165) is 28.6 Å². The third-order valence-corrected chi connectivity index (χ3v) is 3.86. The lowest BCUT2D eigenvalue weighted by Crippen LogP contribution is -2.26. The zero-order valence-electron chi connectivity index (χ0n) is 9.11. The third-order valence-electron chi connectivity index (χ3n) is 2.66. The molecule has 0 aliphatic carbocycles. The third kappa shape index (κ3) is 1.50. The quantitative estimate of drug-likeness (QED) is 0.597. The van der Waals surface area contributed by atoms with E-state index < -0.39 is 0 Å². The summed E-state index contributed by atoms with van der Waals surface area (Å²) in [5.41, 5.74) is 1.72. The first kappa shape index (κ1) is 10.8. The van der Waals surface area contributed by atoms with Crippen molar-refractivity contribution in [3.8, 4) is 12.1 Å². The zero-order valence-corrected chi connectivity index (χ0v) is 9.93. The molecule has 0 aromatic rings. The summed E-state index contributed by atoms with van der Waals surface area (Å²) in [6.45, 7) is 1.88. The molecule has 0 spiro atoms. The van der Waals surface area contributed by atoms with Crippen molar-refractivity contribution in [2.75, 3.05) is 12.8 Å². The molecule has 0 unspecified atom stereocenters. The van der Waals surface area contributed by atoms with Gasteiger partial charge >= 0.3 is 0 Å². The second kappa shape index (κ2) is 4.03. The summed E-state index contributed by atoms with van der Waals surface area (Å²) in [4.78, 5) is 6.37. The van der Waals surface area contributed by atoms with Crippen molar-refractivity contribution < 1.29 is 0 Å². The molecule has 4 nitrogen and oxygen atoms in total. The van der Waals surface area contributed by atoms with Crippen molar-refractivity contribution in [1.82, 2.24) is 4.90 Å². The molecule has 0 fully saturated rings. The van der Waals surface area contributed by atoms with Crippen LogP contribution in [0.3, 0.4) is 0 Å². The van der Waals surface area contributed by atoms with Gasteiger partial charge in [0.05, 0.1) is 10.7 Å². The minimum Gasteiger partial charge on any atom is -0.328 e. The molecule has 2 heterocycles. The van der Waals surface area contributed by atoms with Crippen LogP contribution >= 0.6 is 11.8 Å². The number of amidine groups is 1. The van der Waals surface area contributed by atoms with Crippen LogP contribution in [0, 0.1) is 22.7 Å². The van der Waals surface area contributed by atoms with Crippen molar-refractivity contribution >= 4 is 17.6 Å². The van der Waals surface area contributed by atoms with E-state index in [1.807, 2.05) is 31.0 Å². The van der Waals surface area contributed by atoms with E-state index in [2.05, 4.69) is 4.99 Å². The predicted molar refractivity (Wildman–Crippen MR) is 63.2 cm³/mol. The maximum absolute atomic E-state index is 8.91. The maximum Gasteiger partial charge on any atom is 0.155 e. The molecule has 0 radical (unpaired) electrons. The first-order valence-corrected chi connectivity index (χ1v) is 5.87. The van der Waals surface area contributed by atoms with Gasteiger partial charge in [0, 0.05) is 18.4 Å². The maximum atomic E-state index is 8.91. The molecule has 0 aromatic heterocycles. The predicted octanol–water partition coefficient (Wildman–Crippen LogP) is 2.00. The highest BCUT2D eigenvalue weighted by Gasteiger charge is 2.28. The van der Waals surface area contributed by atoms with E-state index in [4.69, 9.17) is 10.5 Å². The monoisotopic (exact) mass is 230 g/mol. The molecule has 0 atom stereocenters. The molecule has 2 rings (SSSR count). The van der Waals surface area contributed by atoms with Gasteiger partial charge in [-0.05, 0) is 13.3 Å². The molecule has 2 aliphatic heterocycles. The Bertz CT molecular complexity index is 497. The highest BCUT2D eigenvalue weighted by Crippen LogP contribution is 2.41. The average Bonchev–Trinajstić information content (AvgIpc) is 2.76. The number of hydrogen-bond acceptors (Lipinski definition) is 5. The lowest BCUT2D eigenvalue weighted by molar-refractivity contribution is 0.648. The Morgan fingerprint density at radius 1 is 1.44 bits per heavy atom. The lowest BCUT2D eigenvalue weighted by atomic mass is 10.1. The van der Waals surface area contributed by atoms with Crippen LogP contribution in [0.1, 0.15) is 13.3 Å². The standard InChI is InChI=1S/C11H10N4S/c1-7-14-10(8(5-12)6-13)9-3-4-16-11(9)15(7)2/h3-4H2,1-2H3. The summed E-state index contributed by atoms with van der Waals surface area (Å²) in [5.74, 6) is 1.82. The molecule has 0 saturated carbocycles. The van der Waals surface area contributed by atoms with E-state index in [9.17, 15) is 0 Å². The molecule has 0 N–H and O–H groups in total. The molecule has 0 saturated heterocycles. The Balaban J connectivity index is 2.61. The van der Waals surface area contributed by atoms with Crippen LogP contribution in [-0.2, 0) is 0 Å². The number of nitrogens with zero attached hydrogens (tertiary/aromatic N) is 4. The fourth-order valence-electron chi connectivity index (χ4n) is 1.75. The number of hydrogen-bond donors (Lipinski definition) is 0. The van der Waals surface area contributed by atoms with Gasteiger partial charge < -0.3 is 4.90 Å². The fraction of sp³-hybridized carbons (Fsp3) is 0.364. The fourth-order valence-corrected chi connectivity index (χ4v) is 2.95. The van der Waals surface area contributed by atoms with Gasteiger partial charge in [-0.15, -0.1) is 11.8 Å². The van der Waals surface area contributed by atoms with Crippen molar-refractivity contribution in [1.29, 1.82) is 10.5 Å². The van der Waals surface area contributed by atoms with E-state index >= 15 is 0 Å². The van der Waals surface area contributed by atoms with E-state index in [-0.39, 0.29) is 5.57 Å². The number of thioether (sulfide) groups is 1. The van der Waals surface area contributed by atoms with Crippen molar-refractivity contribution in [2.24, 2.45) is 4.99 Å². The van der Waals surface area contributed by atoms with E-state index in [1.165, 1.54) is 0 Å². The highest BCUT2D eigenvalue weighted by atomic mass is 32.2. The van der Waals surface area contributed by atoms with E-state index in [1.54, 1.807) is 11.8 Å². The largest absolute Gasteiger partial charge is 0.328 e. The van der Waals surface area contributed by atoms with Crippen LogP contribution in [-0.4, -0.2) is 23.5 Å². The van der Waals surface area contributed by atoms with Crippen LogP contribution < -0.4 is 0 Å². The Morgan fingerprint density at radius 3 is 2.75 bits per heavy atom. The number of allylic oxidation sites excluding steroid dienone is 2. The van der Waals surface area contributed by atoms with Gasteiger partial charge in [-0.3, -0.25) is 0 Å². The van der Waals surface area contributed by atoms with Gasteiger partial charge in [-0.2, -0.15) is 10.5 Å². The minimum atomic E-state index is 0.113. The van der Waals surface area contributed by atoms with Crippen molar-refractivity contribution in [3.63, 3.8) is 0 Å². The zero-order chi connectivity index (χ0) is 11.7. The molecule has 80 valence electrons. The van der Waals surface area contributed by atoms with Crippen LogP contribution in [0.2, 0.25) is 0 Å². The molecule has 0 bridgehead atoms. The summed E-state index contributed by atoms with van der Waals surface area (Å²) >= 11 is 1.75. The molecular weight excluding hydrogens is 220 g/mol. The molecule has 0 aromatic carbocycles. The second-order valence-electron chi connectivity index (χ2n) is 3.55. The first-order valence-electron chi connectivity index (χ1n) is 4.89. The lowest BCUT2D eigenvalue weighted by Gasteiger charge is -2.25. The van der Waals surface area contributed by atoms with Crippen molar-refractivity contribution in [2.45, 2.75) is 13.3 Å². The smallest absolute Gasteiger partial charge is 0.155 e. The molecule has 2 aliphatic rings. The summed E-state index contributed by atoms with van der Waals surface area (Å²) in [5, 5.41) is 18.9.